The summed E-state index contributed by atoms with van der Waals surface area (Å²) in [4.78, 5) is 12.3. The number of carbonyl (C=O) groups excluding carboxylic acids is 1. The van der Waals surface area contributed by atoms with Crippen molar-refractivity contribution in [2.75, 3.05) is 0 Å². The first-order chi connectivity index (χ1) is 13.8. The monoisotopic (exact) mass is 394 g/mol. The Bertz CT molecular complexity index is 787. The number of aliphatic hydroxyl groups is 1. The van der Waals surface area contributed by atoms with E-state index in [1.165, 1.54) is 32.1 Å². The fourth-order valence-corrected chi connectivity index (χ4v) is 8.92. The Balaban J connectivity index is 1.40. The Morgan fingerprint density at radius 3 is 2.34 bits per heavy atom. The van der Waals surface area contributed by atoms with E-state index in [0.29, 0.717) is 23.0 Å². The summed E-state index contributed by atoms with van der Waals surface area (Å²) in [6.45, 7) is 6.82. The molecule has 158 valence electrons. The van der Waals surface area contributed by atoms with Crippen molar-refractivity contribution in [1.82, 2.24) is 0 Å². The van der Waals surface area contributed by atoms with E-state index in [0.717, 1.165) is 49.0 Å². The summed E-state index contributed by atoms with van der Waals surface area (Å²) in [5, 5.41) is 11.5. The third kappa shape index (κ3) is 2.81. The van der Waals surface area contributed by atoms with Crippen LogP contribution in [0.4, 0.5) is 0 Å². The van der Waals surface area contributed by atoms with Crippen molar-refractivity contribution in [2.45, 2.75) is 84.2 Å². The zero-order chi connectivity index (χ0) is 20.4. The summed E-state index contributed by atoms with van der Waals surface area (Å²) in [5.41, 5.74) is 1.07. The minimum Gasteiger partial charge on any atom is -0.385 e. The molecule has 2 heteroatoms. The lowest BCUT2D eigenvalue weighted by Crippen LogP contribution is -2.55. The normalized spacial score (nSPS) is 49.0. The predicted octanol–water partition coefficient (Wildman–Crippen LogP) is 6.12. The second kappa shape index (κ2) is 6.67. The summed E-state index contributed by atoms with van der Waals surface area (Å²) < 4.78 is 0. The molecule has 0 aromatic heterocycles. The van der Waals surface area contributed by atoms with Gasteiger partial charge in [0.25, 0.3) is 0 Å². The van der Waals surface area contributed by atoms with Crippen LogP contribution in [0.1, 0.15) is 84.1 Å². The molecule has 4 aliphatic carbocycles. The zero-order valence-corrected chi connectivity index (χ0v) is 18.5. The SMILES string of the molecule is CC(=O)[C@H]1CC[C@H]2[C@@H]3CC[C@@H]4C[C@](O)(c5ccccc5)CC[C@]4(C)[C@H]3CC[C@]12C. The average Bonchev–Trinajstić information content (AvgIpc) is 3.07. The highest BCUT2D eigenvalue weighted by atomic mass is 16.3. The standard InChI is InChI=1S/C27H38O2/c1-18(28)22-11-12-23-21-10-9-20-17-27(29,19-7-5-4-6-8-19)16-15-25(20,2)24(21)13-14-26(22,23)3/h4-8,20-24,29H,9-17H2,1-3H3/t20-,21+,22-,23+,24+,25+,26-,27+/m1/s1. The second-order valence-electron chi connectivity index (χ2n) is 11.5. The number of rotatable bonds is 2. The van der Waals surface area contributed by atoms with E-state index in [-0.39, 0.29) is 5.41 Å². The average molecular weight is 395 g/mol. The van der Waals surface area contributed by atoms with Crippen LogP contribution in [0.2, 0.25) is 0 Å². The van der Waals surface area contributed by atoms with Gasteiger partial charge in [-0.1, -0.05) is 44.2 Å². The molecule has 0 unspecified atom stereocenters. The third-order valence-corrected chi connectivity index (χ3v) is 10.5. The van der Waals surface area contributed by atoms with Crippen molar-refractivity contribution in [2.24, 2.45) is 40.4 Å². The Morgan fingerprint density at radius 1 is 0.897 bits per heavy atom. The van der Waals surface area contributed by atoms with Crippen molar-refractivity contribution in [1.29, 1.82) is 0 Å². The number of carbonyl (C=O) groups is 1. The molecule has 0 radical (unpaired) electrons. The Kier molecular flexibility index (Phi) is 4.55. The molecule has 1 N–H and O–H groups in total. The van der Waals surface area contributed by atoms with Crippen LogP contribution < -0.4 is 0 Å². The maximum absolute atomic E-state index is 12.3. The zero-order valence-electron chi connectivity index (χ0n) is 18.5. The summed E-state index contributed by atoms with van der Waals surface area (Å²) in [5.74, 6) is 3.67. The lowest BCUT2D eigenvalue weighted by molar-refractivity contribution is -0.155. The molecule has 1 aromatic carbocycles. The number of hydrogen-bond donors (Lipinski definition) is 1. The van der Waals surface area contributed by atoms with E-state index in [1.54, 1.807) is 0 Å². The topological polar surface area (TPSA) is 37.3 Å². The summed E-state index contributed by atoms with van der Waals surface area (Å²) in [7, 11) is 0. The molecule has 0 heterocycles. The molecule has 4 fully saturated rings. The van der Waals surface area contributed by atoms with E-state index >= 15 is 0 Å². The molecule has 1 aromatic rings. The molecular formula is C27H38O2. The van der Waals surface area contributed by atoms with Crippen molar-refractivity contribution in [3.63, 3.8) is 0 Å². The van der Waals surface area contributed by atoms with Crippen LogP contribution in [0.5, 0.6) is 0 Å². The Hall–Kier alpha value is -1.15. The maximum Gasteiger partial charge on any atom is 0.133 e. The minimum absolute atomic E-state index is 0.246. The minimum atomic E-state index is -0.644. The first kappa shape index (κ1) is 19.8. The number of Topliss-reactive ketones (excluding diaryl/α,β-unsaturated/α-hetero) is 1. The van der Waals surface area contributed by atoms with E-state index in [9.17, 15) is 9.90 Å². The number of ketones is 1. The maximum atomic E-state index is 12.3. The van der Waals surface area contributed by atoms with Gasteiger partial charge in [-0.15, -0.1) is 0 Å². The molecule has 0 amide bonds. The highest BCUT2D eigenvalue weighted by molar-refractivity contribution is 5.79. The fourth-order valence-electron chi connectivity index (χ4n) is 8.92. The number of fused-ring (bicyclic) bond motifs is 5. The molecule has 0 bridgehead atoms. The van der Waals surface area contributed by atoms with Crippen LogP contribution in [0.15, 0.2) is 30.3 Å². The first-order valence-corrected chi connectivity index (χ1v) is 12.1. The van der Waals surface area contributed by atoms with Gasteiger partial charge in [-0.3, -0.25) is 4.79 Å². The van der Waals surface area contributed by atoms with Gasteiger partial charge in [0.15, 0.2) is 0 Å². The van der Waals surface area contributed by atoms with E-state index in [1.807, 2.05) is 13.0 Å². The Morgan fingerprint density at radius 2 is 1.62 bits per heavy atom. The van der Waals surface area contributed by atoms with Crippen LogP contribution >= 0.6 is 0 Å². The number of benzene rings is 1. The lowest BCUT2D eigenvalue weighted by Gasteiger charge is -2.62. The summed E-state index contributed by atoms with van der Waals surface area (Å²) in [6, 6.07) is 10.4. The molecule has 8 atom stereocenters. The van der Waals surface area contributed by atoms with Gasteiger partial charge < -0.3 is 5.11 Å². The lowest BCUT2D eigenvalue weighted by atomic mass is 9.43. The van der Waals surface area contributed by atoms with Crippen molar-refractivity contribution in [3.05, 3.63) is 35.9 Å². The van der Waals surface area contributed by atoms with Gasteiger partial charge >= 0.3 is 0 Å². The van der Waals surface area contributed by atoms with Gasteiger partial charge in [0, 0.05) is 5.92 Å². The van der Waals surface area contributed by atoms with E-state index in [2.05, 4.69) is 38.1 Å². The molecule has 2 nitrogen and oxygen atoms in total. The molecular weight excluding hydrogens is 356 g/mol. The first-order valence-electron chi connectivity index (χ1n) is 12.1. The molecule has 4 aliphatic rings. The van der Waals surface area contributed by atoms with Crippen molar-refractivity contribution in [3.8, 4) is 0 Å². The molecule has 0 aliphatic heterocycles. The highest BCUT2D eigenvalue weighted by Gasteiger charge is 2.61. The van der Waals surface area contributed by atoms with Gasteiger partial charge in [-0.2, -0.15) is 0 Å². The van der Waals surface area contributed by atoms with Gasteiger partial charge in [-0.05, 0) is 105 Å². The predicted molar refractivity (Wildman–Crippen MR) is 116 cm³/mol. The Labute approximate surface area is 176 Å². The van der Waals surface area contributed by atoms with E-state index in [4.69, 9.17) is 0 Å². The largest absolute Gasteiger partial charge is 0.385 e. The van der Waals surface area contributed by atoms with Crippen LogP contribution in [0.25, 0.3) is 0 Å². The molecule has 5 rings (SSSR count). The van der Waals surface area contributed by atoms with Crippen LogP contribution in [-0.4, -0.2) is 10.9 Å². The smallest absolute Gasteiger partial charge is 0.133 e. The van der Waals surface area contributed by atoms with Crippen LogP contribution in [-0.2, 0) is 10.4 Å². The van der Waals surface area contributed by atoms with Gasteiger partial charge in [0.05, 0.1) is 5.60 Å². The van der Waals surface area contributed by atoms with Crippen LogP contribution in [0, 0.1) is 40.4 Å². The molecule has 4 saturated carbocycles. The van der Waals surface area contributed by atoms with E-state index < -0.39 is 5.60 Å². The third-order valence-electron chi connectivity index (χ3n) is 10.5. The van der Waals surface area contributed by atoms with Crippen molar-refractivity contribution >= 4 is 5.78 Å². The fraction of sp³-hybridized carbons (Fsp3) is 0.741. The quantitative estimate of drug-likeness (QED) is 0.656. The second-order valence-corrected chi connectivity index (χ2v) is 11.5. The highest BCUT2D eigenvalue weighted by Crippen LogP contribution is 2.68. The van der Waals surface area contributed by atoms with Gasteiger partial charge in [0.1, 0.15) is 5.78 Å². The molecule has 29 heavy (non-hydrogen) atoms. The van der Waals surface area contributed by atoms with Crippen LogP contribution in [0.3, 0.4) is 0 Å². The molecule has 0 spiro atoms. The number of hydrogen-bond acceptors (Lipinski definition) is 2. The molecule has 0 saturated heterocycles. The van der Waals surface area contributed by atoms with Gasteiger partial charge in [-0.25, -0.2) is 0 Å². The summed E-state index contributed by atoms with van der Waals surface area (Å²) in [6.07, 6.45) is 10.4. The summed E-state index contributed by atoms with van der Waals surface area (Å²) >= 11 is 0. The van der Waals surface area contributed by atoms with Gasteiger partial charge in [0.2, 0.25) is 0 Å². The van der Waals surface area contributed by atoms with Crippen molar-refractivity contribution < 1.29 is 9.90 Å².